The number of alkyl carbamates (subject to hydrolysis) is 1. The van der Waals surface area contributed by atoms with Crippen LogP contribution in [0.15, 0.2) is 48.5 Å². The van der Waals surface area contributed by atoms with Gasteiger partial charge in [-0.15, -0.1) is 0 Å². The van der Waals surface area contributed by atoms with Crippen LogP contribution in [-0.4, -0.2) is 42.8 Å². The highest BCUT2D eigenvalue weighted by Crippen LogP contribution is 2.44. The predicted molar refractivity (Wildman–Crippen MR) is 124 cm³/mol. The highest BCUT2D eigenvalue weighted by molar-refractivity contribution is 5.82. The van der Waals surface area contributed by atoms with Crippen LogP contribution in [0, 0.1) is 11.3 Å². The molecule has 0 bridgehead atoms. The van der Waals surface area contributed by atoms with Gasteiger partial charge in [-0.25, -0.2) is 4.79 Å². The highest BCUT2D eigenvalue weighted by Gasteiger charge is 2.44. The lowest BCUT2D eigenvalue weighted by Gasteiger charge is -2.37. The summed E-state index contributed by atoms with van der Waals surface area (Å²) in [7, 11) is 0. The number of nitrogens with one attached hydrogen (secondary N) is 2. The van der Waals surface area contributed by atoms with E-state index in [-0.39, 0.29) is 31.5 Å². The number of hydrogen-bond donors (Lipinski definition) is 3. The Morgan fingerprint density at radius 3 is 2.15 bits per heavy atom. The molecule has 0 aliphatic heterocycles. The van der Waals surface area contributed by atoms with Crippen LogP contribution in [0.25, 0.3) is 11.1 Å². The predicted octanol–water partition coefficient (Wildman–Crippen LogP) is 3.92. The van der Waals surface area contributed by atoms with E-state index in [9.17, 15) is 19.5 Å². The number of amides is 2. The summed E-state index contributed by atoms with van der Waals surface area (Å²) in [6, 6.07) is 16.3. The molecule has 2 aromatic carbocycles. The molecule has 3 N–H and O–H groups in total. The Bertz CT molecular complexity index is 1000. The monoisotopic (exact) mass is 450 g/mol. The quantitative estimate of drug-likeness (QED) is 0.537. The van der Waals surface area contributed by atoms with Gasteiger partial charge in [-0.05, 0) is 41.5 Å². The van der Waals surface area contributed by atoms with E-state index in [0.29, 0.717) is 19.3 Å². The standard InChI is InChI=1S/C26H30N2O5/c1-2-17(23(29)28-16-26(24(30)31)12-7-13-26)14-27-25(32)33-15-22-20-10-5-3-8-18(20)19-9-4-6-11-21(19)22/h3-6,8-11,17,22H,2,7,12-16H2,1H3,(H,27,32)(H,28,29)(H,30,31). The van der Waals surface area contributed by atoms with Crippen LogP contribution < -0.4 is 10.6 Å². The average molecular weight is 451 g/mol. The molecule has 2 aliphatic carbocycles. The Hall–Kier alpha value is -3.35. The van der Waals surface area contributed by atoms with E-state index in [1.54, 1.807) is 0 Å². The molecule has 1 unspecified atom stereocenters. The van der Waals surface area contributed by atoms with Crippen LogP contribution in [0.2, 0.25) is 0 Å². The maximum absolute atomic E-state index is 12.5. The van der Waals surface area contributed by atoms with Crippen LogP contribution in [0.3, 0.4) is 0 Å². The second-order valence-corrected chi connectivity index (χ2v) is 8.97. The van der Waals surface area contributed by atoms with Gasteiger partial charge in [0.15, 0.2) is 0 Å². The van der Waals surface area contributed by atoms with Crippen LogP contribution in [0.5, 0.6) is 0 Å². The SMILES string of the molecule is CCC(CNC(=O)OCC1c2ccccc2-c2ccccc21)C(=O)NCC1(C(=O)O)CCC1. The van der Waals surface area contributed by atoms with Gasteiger partial charge in [0.2, 0.25) is 5.91 Å². The first-order chi connectivity index (χ1) is 15.9. The molecule has 2 aliphatic rings. The highest BCUT2D eigenvalue weighted by atomic mass is 16.5. The Morgan fingerprint density at radius 1 is 1.03 bits per heavy atom. The molecule has 7 heteroatoms. The first-order valence-electron chi connectivity index (χ1n) is 11.5. The molecule has 174 valence electrons. The van der Waals surface area contributed by atoms with Crippen molar-refractivity contribution in [1.29, 1.82) is 0 Å². The first-order valence-corrected chi connectivity index (χ1v) is 11.5. The number of aliphatic carboxylic acids is 1. The minimum atomic E-state index is -0.862. The lowest BCUT2D eigenvalue weighted by Crippen LogP contribution is -2.49. The third-order valence-corrected chi connectivity index (χ3v) is 7.07. The molecule has 1 atom stereocenters. The summed E-state index contributed by atoms with van der Waals surface area (Å²) in [5.41, 5.74) is 3.76. The van der Waals surface area contributed by atoms with Gasteiger partial charge in [-0.1, -0.05) is 61.9 Å². The minimum absolute atomic E-state index is 0.0249. The van der Waals surface area contributed by atoms with Gasteiger partial charge in [-0.2, -0.15) is 0 Å². The summed E-state index contributed by atoms with van der Waals surface area (Å²) in [4.78, 5) is 36.4. The summed E-state index contributed by atoms with van der Waals surface area (Å²) in [6.07, 6.45) is 1.98. The molecule has 7 nitrogen and oxygen atoms in total. The van der Waals surface area contributed by atoms with Gasteiger partial charge < -0.3 is 20.5 Å². The molecule has 0 heterocycles. The van der Waals surface area contributed by atoms with Crippen LogP contribution in [0.4, 0.5) is 4.79 Å². The van der Waals surface area contributed by atoms with Crippen molar-refractivity contribution < 1.29 is 24.2 Å². The summed E-state index contributed by atoms with van der Waals surface area (Å²) in [6.45, 7) is 2.34. The van der Waals surface area contributed by atoms with E-state index >= 15 is 0 Å². The number of carboxylic acids is 1. The number of hydrogen-bond acceptors (Lipinski definition) is 4. The van der Waals surface area contributed by atoms with Gasteiger partial charge in [0.05, 0.1) is 11.3 Å². The largest absolute Gasteiger partial charge is 0.481 e. The van der Waals surface area contributed by atoms with Crippen LogP contribution >= 0.6 is 0 Å². The fourth-order valence-corrected chi connectivity index (χ4v) is 4.75. The number of carbonyl (C=O) groups excluding carboxylic acids is 2. The molecule has 1 saturated carbocycles. The first kappa shape index (κ1) is 22.8. The summed E-state index contributed by atoms with van der Waals surface area (Å²) in [5, 5.41) is 14.9. The van der Waals surface area contributed by atoms with Gasteiger partial charge >= 0.3 is 12.1 Å². The number of ether oxygens (including phenoxy) is 1. The van der Waals surface area contributed by atoms with Gasteiger partial charge in [0.1, 0.15) is 6.61 Å². The van der Waals surface area contributed by atoms with Crippen molar-refractivity contribution in [3.63, 3.8) is 0 Å². The number of rotatable bonds is 9. The Balaban J connectivity index is 1.28. The number of carbonyl (C=O) groups is 3. The van der Waals surface area contributed by atoms with E-state index in [0.717, 1.165) is 28.7 Å². The van der Waals surface area contributed by atoms with Gasteiger partial charge in [-0.3, -0.25) is 9.59 Å². The van der Waals surface area contributed by atoms with Crippen molar-refractivity contribution in [3.8, 4) is 11.1 Å². The smallest absolute Gasteiger partial charge is 0.407 e. The van der Waals surface area contributed by atoms with Crippen molar-refractivity contribution in [2.45, 2.75) is 38.5 Å². The van der Waals surface area contributed by atoms with E-state index in [2.05, 4.69) is 34.9 Å². The third kappa shape index (κ3) is 4.58. The van der Waals surface area contributed by atoms with Crippen LogP contribution in [-0.2, 0) is 14.3 Å². The van der Waals surface area contributed by atoms with E-state index in [1.165, 1.54) is 0 Å². The van der Waals surface area contributed by atoms with Crippen molar-refractivity contribution >= 4 is 18.0 Å². The Kier molecular flexibility index (Phi) is 6.67. The molecule has 0 spiro atoms. The molecule has 0 aromatic heterocycles. The second-order valence-electron chi connectivity index (χ2n) is 8.97. The zero-order valence-corrected chi connectivity index (χ0v) is 18.8. The zero-order chi connectivity index (χ0) is 23.4. The molecule has 33 heavy (non-hydrogen) atoms. The molecular weight excluding hydrogens is 420 g/mol. The maximum atomic E-state index is 12.5. The third-order valence-electron chi connectivity index (χ3n) is 7.07. The van der Waals surface area contributed by atoms with E-state index in [1.807, 2.05) is 31.2 Å². The normalized spacial score (nSPS) is 16.6. The maximum Gasteiger partial charge on any atom is 0.407 e. The Labute approximate surface area is 193 Å². The topological polar surface area (TPSA) is 105 Å². The molecule has 4 rings (SSSR count). The zero-order valence-electron chi connectivity index (χ0n) is 18.8. The van der Waals surface area contributed by atoms with Crippen molar-refractivity contribution in [2.24, 2.45) is 11.3 Å². The fraction of sp³-hybridized carbons (Fsp3) is 0.423. The molecule has 1 fully saturated rings. The van der Waals surface area contributed by atoms with Crippen LogP contribution in [0.1, 0.15) is 49.7 Å². The number of benzene rings is 2. The minimum Gasteiger partial charge on any atom is -0.481 e. The molecule has 2 amide bonds. The summed E-state index contributed by atoms with van der Waals surface area (Å²) >= 11 is 0. The average Bonchev–Trinajstić information content (AvgIpc) is 3.11. The molecule has 0 radical (unpaired) electrons. The van der Waals surface area contributed by atoms with Crippen molar-refractivity contribution in [1.82, 2.24) is 10.6 Å². The van der Waals surface area contributed by atoms with E-state index < -0.39 is 23.4 Å². The van der Waals surface area contributed by atoms with Crippen molar-refractivity contribution in [3.05, 3.63) is 59.7 Å². The molecule has 0 saturated heterocycles. The van der Waals surface area contributed by atoms with Gasteiger partial charge in [0.25, 0.3) is 0 Å². The number of carboxylic acid groups (broad SMARTS) is 1. The second kappa shape index (κ2) is 9.65. The van der Waals surface area contributed by atoms with E-state index in [4.69, 9.17) is 4.74 Å². The summed E-state index contributed by atoms with van der Waals surface area (Å²) < 4.78 is 5.53. The lowest BCUT2D eigenvalue weighted by molar-refractivity contribution is -0.154. The summed E-state index contributed by atoms with van der Waals surface area (Å²) in [5.74, 6) is -1.58. The molecular formula is C26H30N2O5. The Morgan fingerprint density at radius 2 is 1.64 bits per heavy atom. The fourth-order valence-electron chi connectivity index (χ4n) is 4.75. The lowest BCUT2D eigenvalue weighted by atomic mass is 9.68. The molecule has 2 aromatic rings. The van der Waals surface area contributed by atoms with Crippen molar-refractivity contribution in [2.75, 3.05) is 19.7 Å². The van der Waals surface area contributed by atoms with Gasteiger partial charge in [0, 0.05) is 19.0 Å². The number of fused-ring (bicyclic) bond motifs is 3.